The van der Waals surface area contributed by atoms with Gasteiger partial charge in [-0.2, -0.15) is 4.98 Å². The van der Waals surface area contributed by atoms with Gasteiger partial charge in [-0.25, -0.2) is 4.39 Å². The molecule has 1 aliphatic heterocycles. The fourth-order valence-electron chi connectivity index (χ4n) is 3.29. The van der Waals surface area contributed by atoms with E-state index in [9.17, 15) is 9.18 Å². The number of benzene rings is 2. The first-order chi connectivity index (χ1) is 12.6. The van der Waals surface area contributed by atoms with Crippen LogP contribution in [0.4, 0.5) is 4.39 Å². The molecule has 1 aliphatic rings. The predicted octanol–water partition coefficient (Wildman–Crippen LogP) is 4.16. The summed E-state index contributed by atoms with van der Waals surface area (Å²) >= 11 is 0. The highest BCUT2D eigenvalue weighted by molar-refractivity contribution is 5.94. The summed E-state index contributed by atoms with van der Waals surface area (Å²) in [5.41, 5.74) is 1.79. The molecule has 5 nitrogen and oxygen atoms in total. The number of halogens is 1. The van der Waals surface area contributed by atoms with Crippen LogP contribution in [0.25, 0.3) is 11.4 Å². The van der Waals surface area contributed by atoms with Gasteiger partial charge in [-0.05, 0) is 43.5 Å². The maximum atomic E-state index is 13.5. The Kier molecular flexibility index (Phi) is 4.24. The summed E-state index contributed by atoms with van der Waals surface area (Å²) in [5.74, 6) is 0.491. The van der Waals surface area contributed by atoms with Crippen molar-refractivity contribution in [3.8, 4) is 11.4 Å². The fraction of sp³-hybridized carbons (Fsp3) is 0.250. The number of hydrogen-bond donors (Lipinski definition) is 0. The average Bonchev–Trinajstić information content (AvgIpc) is 3.33. The number of aromatic nitrogens is 2. The van der Waals surface area contributed by atoms with Gasteiger partial charge in [0.1, 0.15) is 11.9 Å². The lowest BCUT2D eigenvalue weighted by atomic mass is 10.1. The Morgan fingerprint density at radius 3 is 2.81 bits per heavy atom. The fourth-order valence-corrected chi connectivity index (χ4v) is 3.29. The largest absolute Gasteiger partial charge is 0.337 e. The van der Waals surface area contributed by atoms with Crippen LogP contribution in [0.3, 0.4) is 0 Å². The Labute approximate surface area is 150 Å². The van der Waals surface area contributed by atoms with Crippen molar-refractivity contribution in [2.75, 3.05) is 6.54 Å². The van der Waals surface area contributed by atoms with E-state index in [0.717, 1.165) is 18.4 Å². The lowest BCUT2D eigenvalue weighted by molar-refractivity contribution is 0.0710. The van der Waals surface area contributed by atoms with E-state index < -0.39 is 0 Å². The van der Waals surface area contributed by atoms with Crippen molar-refractivity contribution in [2.45, 2.75) is 25.8 Å². The minimum atomic E-state index is -0.316. The van der Waals surface area contributed by atoms with E-state index in [-0.39, 0.29) is 17.8 Å². The second kappa shape index (κ2) is 6.71. The van der Waals surface area contributed by atoms with E-state index in [1.807, 2.05) is 30.3 Å². The summed E-state index contributed by atoms with van der Waals surface area (Å²) in [7, 11) is 0. The van der Waals surface area contributed by atoms with Crippen LogP contribution < -0.4 is 0 Å². The van der Waals surface area contributed by atoms with E-state index in [1.54, 1.807) is 17.9 Å². The molecule has 0 radical (unpaired) electrons. The van der Waals surface area contributed by atoms with E-state index in [2.05, 4.69) is 10.1 Å². The summed E-state index contributed by atoms with van der Waals surface area (Å²) < 4.78 is 18.9. The highest BCUT2D eigenvalue weighted by Gasteiger charge is 2.34. The zero-order valence-electron chi connectivity index (χ0n) is 14.4. The van der Waals surface area contributed by atoms with Gasteiger partial charge in [0, 0.05) is 17.7 Å². The zero-order valence-corrected chi connectivity index (χ0v) is 14.4. The number of rotatable bonds is 3. The number of carbonyl (C=O) groups excluding carboxylic acids is 1. The number of amides is 1. The number of nitrogens with zero attached hydrogens (tertiary/aromatic N) is 3. The van der Waals surface area contributed by atoms with Crippen LogP contribution in [0.2, 0.25) is 0 Å². The van der Waals surface area contributed by atoms with E-state index in [0.29, 0.717) is 29.4 Å². The van der Waals surface area contributed by atoms with Crippen molar-refractivity contribution in [2.24, 2.45) is 0 Å². The highest BCUT2D eigenvalue weighted by Crippen LogP contribution is 2.33. The maximum absolute atomic E-state index is 13.5. The molecular weight excluding hydrogens is 333 g/mol. The molecule has 0 saturated carbocycles. The summed E-state index contributed by atoms with van der Waals surface area (Å²) in [6.07, 6.45) is 1.63. The Bertz CT molecular complexity index is 939. The standard InChI is InChI=1S/C20H18FN3O2/c1-13-12-15(9-10-16(13)21)20(25)24-11-5-8-17(24)19-22-18(23-26-19)14-6-3-2-4-7-14/h2-4,6-7,9-10,12,17H,5,8,11H2,1H3/t17-/m0/s1. The van der Waals surface area contributed by atoms with Gasteiger partial charge in [0.25, 0.3) is 5.91 Å². The van der Waals surface area contributed by atoms with Gasteiger partial charge < -0.3 is 9.42 Å². The average molecular weight is 351 g/mol. The molecule has 0 unspecified atom stereocenters. The first-order valence-corrected chi connectivity index (χ1v) is 8.59. The topological polar surface area (TPSA) is 59.2 Å². The second-order valence-corrected chi connectivity index (χ2v) is 6.44. The monoisotopic (exact) mass is 351 g/mol. The molecule has 4 rings (SSSR count). The van der Waals surface area contributed by atoms with Gasteiger partial charge in [-0.3, -0.25) is 4.79 Å². The number of hydrogen-bond acceptors (Lipinski definition) is 4. The predicted molar refractivity (Wildman–Crippen MR) is 93.9 cm³/mol. The van der Waals surface area contributed by atoms with Crippen LogP contribution in [0, 0.1) is 12.7 Å². The van der Waals surface area contributed by atoms with Crippen LogP contribution in [0.5, 0.6) is 0 Å². The molecule has 1 fully saturated rings. The molecule has 2 heterocycles. The molecule has 6 heteroatoms. The molecule has 0 spiro atoms. The van der Waals surface area contributed by atoms with Gasteiger partial charge >= 0.3 is 0 Å². The minimum absolute atomic E-state index is 0.143. The van der Waals surface area contributed by atoms with Gasteiger partial charge in [0.2, 0.25) is 11.7 Å². The Morgan fingerprint density at radius 1 is 1.23 bits per heavy atom. The van der Waals surface area contributed by atoms with Crippen molar-refractivity contribution in [1.29, 1.82) is 0 Å². The summed E-state index contributed by atoms with van der Waals surface area (Å²) in [6, 6.07) is 13.7. The smallest absolute Gasteiger partial charge is 0.254 e. The van der Waals surface area contributed by atoms with Crippen LogP contribution in [-0.4, -0.2) is 27.5 Å². The molecule has 1 saturated heterocycles. The molecule has 1 aromatic heterocycles. The molecule has 26 heavy (non-hydrogen) atoms. The number of likely N-dealkylation sites (tertiary alicyclic amines) is 1. The maximum Gasteiger partial charge on any atom is 0.254 e. The molecular formula is C20H18FN3O2. The van der Waals surface area contributed by atoms with E-state index >= 15 is 0 Å². The van der Waals surface area contributed by atoms with Crippen molar-refractivity contribution in [1.82, 2.24) is 15.0 Å². The van der Waals surface area contributed by atoms with Crippen molar-refractivity contribution in [3.63, 3.8) is 0 Å². The molecule has 2 aromatic carbocycles. The van der Waals surface area contributed by atoms with Crippen LogP contribution in [-0.2, 0) is 0 Å². The van der Waals surface area contributed by atoms with E-state index in [1.165, 1.54) is 12.1 Å². The lowest BCUT2D eigenvalue weighted by Gasteiger charge is -2.22. The van der Waals surface area contributed by atoms with Gasteiger partial charge in [-0.1, -0.05) is 35.5 Å². The quantitative estimate of drug-likeness (QED) is 0.711. The molecule has 132 valence electrons. The first kappa shape index (κ1) is 16.4. The van der Waals surface area contributed by atoms with Crippen LogP contribution in [0.15, 0.2) is 53.1 Å². The summed E-state index contributed by atoms with van der Waals surface area (Å²) in [5, 5.41) is 4.05. The number of aryl methyl sites for hydroxylation is 1. The molecule has 0 aliphatic carbocycles. The highest BCUT2D eigenvalue weighted by atomic mass is 19.1. The Hall–Kier alpha value is -3.02. The second-order valence-electron chi connectivity index (χ2n) is 6.44. The number of carbonyl (C=O) groups is 1. The third-order valence-electron chi connectivity index (χ3n) is 4.68. The molecule has 0 N–H and O–H groups in total. The summed E-state index contributed by atoms with van der Waals surface area (Å²) in [6.45, 7) is 2.26. The zero-order chi connectivity index (χ0) is 18.1. The van der Waals surface area contributed by atoms with E-state index in [4.69, 9.17) is 4.52 Å². The summed E-state index contributed by atoms with van der Waals surface area (Å²) in [4.78, 5) is 19.1. The molecule has 1 atom stereocenters. The normalized spacial score (nSPS) is 16.8. The first-order valence-electron chi connectivity index (χ1n) is 8.59. The third-order valence-corrected chi connectivity index (χ3v) is 4.68. The minimum Gasteiger partial charge on any atom is -0.337 e. The van der Waals surface area contributed by atoms with Gasteiger partial charge in [-0.15, -0.1) is 0 Å². The SMILES string of the molecule is Cc1cc(C(=O)N2CCC[C@H]2c2nc(-c3ccccc3)no2)ccc1F. The Morgan fingerprint density at radius 2 is 2.04 bits per heavy atom. The van der Waals surface area contributed by atoms with Gasteiger partial charge in [0.15, 0.2) is 0 Å². The molecule has 0 bridgehead atoms. The molecule has 1 amide bonds. The lowest BCUT2D eigenvalue weighted by Crippen LogP contribution is -2.30. The molecule has 3 aromatic rings. The third kappa shape index (κ3) is 2.98. The van der Waals surface area contributed by atoms with Crippen LogP contribution in [0.1, 0.15) is 40.7 Å². The van der Waals surface area contributed by atoms with Crippen molar-refractivity contribution >= 4 is 5.91 Å². The van der Waals surface area contributed by atoms with Crippen LogP contribution >= 0.6 is 0 Å². The van der Waals surface area contributed by atoms with Crippen molar-refractivity contribution in [3.05, 3.63) is 71.4 Å². The van der Waals surface area contributed by atoms with Gasteiger partial charge in [0.05, 0.1) is 0 Å². The van der Waals surface area contributed by atoms with Crippen molar-refractivity contribution < 1.29 is 13.7 Å². The Balaban J connectivity index is 1.60.